The van der Waals surface area contributed by atoms with Gasteiger partial charge in [-0.05, 0) is 34.5 Å². The van der Waals surface area contributed by atoms with Crippen LogP contribution in [-0.4, -0.2) is 17.6 Å². The molecule has 3 aromatic rings. The second-order valence-corrected chi connectivity index (χ2v) is 5.68. The predicted molar refractivity (Wildman–Crippen MR) is 94.0 cm³/mol. The summed E-state index contributed by atoms with van der Waals surface area (Å²) in [5, 5.41) is 13.8. The zero-order valence-corrected chi connectivity index (χ0v) is 13.5. The summed E-state index contributed by atoms with van der Waals surface area (Å²) < 4.78 is 18.9. The maximum absolute atomic E-state index is 13.0. The highest BCUT2D eigenvalue weighted by atomic mass is 19.1. The topological polar surface area (TPSA) is 58.6 Å². The van der Waals surface area contributed by atoms with Crippen LogP contribution in [0.3, 0.4) is 0 Å². The molecule has 0 heterocycles. The van der Waals surface area contributed by atoms with Crippen LogP contribution in [0.25, 0.3) is 10.8 Å². The van der Waals surface area contributed by atoms with Crippen molar-refractivity contribution < 1.29 is 19.0 Å². The maximum atomic E-state index is 13.0. The Labute approximate surface area is 144 Å². The molecule has 128 valence electrons. The largest absolute Gasteiger partial charge is 0.489 e. The van der Waals surface area contributed by atoms with Gasteiger partial charge in [0.05, 0.1) is 6.54 Å². The molecule has 3 rings (SSSR count). The molecule has 4 nitrogen and oxygen atoms in total. The Morgan fingerprint density at radius 3 is 2.56 bits per heavy atom. The molecule has 0 aromatic heterocycles. The summed E-state index contributed by atoms with van der Waals surface area (Å²) >= 11 is 0. The second-order valence-electron chi connectivity index (χ2n) is 5.68. The van der Waals surface area contributed by atoms with Crippen molar-refractivity contribution in [3.8, 4) is 5.75 Å². The predicted octanol–water partition coefficient (Wildman–Crippen LogP) is 3.73. The van der Waals surface area contributed by atoms with Crippen LogP contribution in [-0.2, 0) is 17.9 Å². The van der Waals surface area contributed by atoms with Gasteiger partial charge in [-0.1, -0.05) is 42.5 Å². The van der Waals surface area contributed by atoms with Crippen LogP contribution in [0.15, 0.2) is 60.7 Å². The summed E-state index contributed by atoms with van der Waals surface area (Å²) in [5.41, 5.74) is 1.76. The third-order valence-corrected chi connectivity index (χ3v) is 3.88. The average Bonchev–Trinajstić information content (AvgIpc) is 2.62. The van der Waals surface area contributed by atoms with Gasteiger partial charge in [-0.15, -0.1) is 0 Å². The SMILES string of the molecule is O=C(O)CNCc1c(OCc2ccc(F)cc2)ccc2ccccc12. The molecule has 0 bridgehead atoms. The molecule has 2 N–H and O–H groups in total. The Kier molecular flexibility index (Phi) is 5.26. The molecule has 0 saturated carbocycles. The number of rotatable bonds is 7. The van der Waals surface area contributed by atoms with Gasteiger partial charge >= 0.3 is 5.97 Å². The first-order valence-corrected chi connectivity index (χ1v) is 7.94. The summed E-state index contributed by atoms with van der Waals surface area (Å²) in [6.45, 7) is 0.567. The molecule has 0 aliphatic heterocycles. The van der Waals surface area contributed by atoms with Gasteiger partial charge in [-0.25, -0.2) is 4.39 Å². The van der Waals surface area contributed by atoms with Crippen molar-refractivity contribution in [2.45, 2.75) is 13.2 Å². The van der Waals surface area contributed by atoms with E-state index >= 15 is 0 Å². The monoisotopic (exact) mass is 339 g/mol. The summed E-state index contributed by atoms with van der Waals surface area (Å²) in [6, 6.07) is 17.9. The fourth-order valence-corrected chi connectivity index (χ4v) is 2.67. The van der Waals surface area contributed by atoms with E-state index in [1.165, 1.54) is 12.1 Å². The van der Waals surface area contributed by atoms with Crippen LogP contribution in [0, 0.1) is 5.82 Å². The maximum Gasteiger partial charge on any atom is 0.317 e. The lowest BCUT2D eigenvalue weighted by molar-refractivity contribution is -0.136. The van der Waals surface area contributed by atoms with Crippen molar-refractivity contribution in [3.63, 3.8) is 0 Å². The fourth-order valence-electron chi connectivity index (χ4n) is 2.67. The normalized spacial score (nSPS) is 10.8. The minimum Gasteiger partial charge on any atom is -0.489 e. The number of fused-ring (bicyclic) bond motifs is 1. The number of carboxylic acids is 1. The number of carboxylic acid groups (broad SMARTS) is 1. The van der Waals surface area contributed by atoms with Crippen molar-refractivity contribution in [1.82, 2.24) is 5.32 Å². The van der Waals surface area contributed by atoms with Crippen LogP contribution in [0.4, 0.5) is 4.39 Å². The number of benzene rings is 3. The van der Waals surface area contributed by atoms with Gasteiger partial charge in [0.15, 0.2) is 0 Å². The molecular weight excluding hydrogens is 321 g/mol. The Morgan fingerprint density at radius 2 is 1.80 bits per heavy atom. The Morgan fingerprint density at radius 1 is 1.04 bits per heavy atom. The zero-order valence-electron chi connectivity index (χ0n) is 13.5. The second kappa shape index (κ2) is 7.77. The van der Waals surface area contributed by atoms with E-state index in [2.05, 4.69) is 5.32 Å². The van der Waals surface area contributed by atoms with Crippen LogP contribution in [0.2, 0.25) is 0 Å². The molecule has 0 radical (unpaired) electrons. The van der Waals surface area contributed by atoms with Crippen LogP contribution in [0.5, 0.6) is 5.75 Å². The van der Waals surface area contributed by atoms with E-state index in [1.807, 2.05) is 36.4 Å². The summed E-state index contributed by atoms with van der Waals surface area (Å²) in [7, 11) is 0. The summed E-state index contributed by atoms with van der Waals surface area (Å²) in [6.07, 6.45) is 0. The number of ether oxygens (including phenoxy) is 1. The highest BCUT2D eigenvalue weighted by molar-refractivity contribution is 5.87. The van der Waals surface area contributed by atoms with Gasteiger partial charge in [0.1, 0.15) is 18.2 Å². The van der Waals surface area contributed by atoms with Crippen molar-refractivity contribution >= 4 is 16.7 Å². The number of aliphatic carboxylic acids is 1. The Bertz CT molecular complexity index is 878. The molecule has 0 spiro atoms. The Balaban J connectivity index is 1.84. The molecule has 0 saturated heterocycles. The zero-order chi connectivity index (χ0) is 17.6. The first kappa shape index (κ1) is 16.9. The summed E-state index contributed by atoms with van der Waals surface area (Å²) in [5.74, 6) is -0.511. The number of nitrogens with one attached hydrogen (secondary N) is 1. The third kappa shape index (κ3) is 4.33. The molecule has 0 fully saturated rings. The van der Waals surface area contributed by atoms with Crippen LogP contribution >= 0.6 is 0 Å². The smallest absolute Gasteiger partial charge is 0.317 e. The van der Waals surface area contributed by atoms with Gasteiger partial charge in [-0.2, -0.15) is 0 Å². The molecule has 3 aromatic carbocycles. The van der Waals surface area contributed by atoms with Gasteiger partial charge < -0.3 is 15.2 Å². The van der Waals surface area contributed by atoms with Gasteiger partial charge in [0.25, 0.3) is 0 Å². The molecular formula is C20H18FNO3. The molecule has 0 amide bonds. The fraction of sp³-hybridized carbons (Fsp3) is 0.150. The molecule has 0 atom stereocenters. The first-order chi connectivity index (χ1) is 12.1. The van der Waals surface area contributed by atoms with E-state index in [0.717, 1.165) is 21.9 Å². The van der Waals surface area contributed by atoms with E-state index < -0.39 is 5.97 Å². The first-order valence-electron chi connectivity index (χ1n) is 7.94. The van der Waals surface area contributed by atoms with E-state index in [-0.39, 0.29) is 12.4 Å². The molecule has 0 aliphatic carbocycles. The number of carbonyl (C=O) groups is 1. The van der Waals surface area contributed by atoms with Crippen molar-refractivity contribution in [1.29, 1.82) is 0 Å². The highest BCUT2D eigenvalue weighted by Gasteiger charge is 2.10. The number of hydrogen-bond acceptors (Lipinski definition) is 3. The molecule has 0 unspecified atom stereocenters. The lowest BCUT2D eigenvalue weighted by atomic mass is 10.0. The van der Waals surface area contributed by atoms with E-state index in [1.54, 1.807) is 12.1 Å². The van der Waals surface area contributed by atoms with Crippen molar-refractivity contribution in [3.05, 3.63) is 77.6 Å². The quantitative estimate of drug-likeness (QED) is 0.689. The minimum absolute atomic E-state index is 0.124. The van der Waals surface area contributed by atoms with Gasteiger partial charge in [0.2, 0.25) is 0 Å². The lowest BCUT2D eigenvalue weighted by Crippen LogP contribution is -2.22. The van der Waals surface area contributed by atoms with E-state index in [4.69, 9.17) is 9.84 Å². The minimum atomic E-state index is -0.908. The van der Waals surface area contributed by atoms with Gasteiger partial charge in [-0.3, -0.25) is 4.79 Å². The molecule has 5 heteroatoms. The lowest BCUT2D eigenvalue weighted by Gasteiger charge is -2.15. The molecule has 0 aliphatic rings. The number of halogens is 1. The summed E-state index contributed by atoms with van der Waals surface area (Å²) in [4.78, 5) is 10.8. The van der Waals surface area contributed by atoms with Crippen LogP contribution in [0.1, 0.15) is 11.1 Å². The Hall–Kier alpha value is -2.92. The average molecular weight is 339 g/mol. The van der Waals surface area contributed by atoms with Crippen molar-refractivity contribution in [2.75, 3.05) is 6.54 Å². The van der Waals surface area contributed by atoms with E-state index in [9.17, 15) is 9.18 Å². The van der Waals surface area contributed by atoms with Gasteiger partial charge in [0, 0.05) is 12.1 Å². The van der Waals surface area contributed by atoms with Crippen molar-refractivity contribution in [2.24, 2.45) is 0 Å². The van der Waals surface area contributed by atoms with Crippen LogP contribution < -0.4 is 10.1 Å². The standard InChI is InChI=1S/C20H18FNO3/c21-16-8-5-14(6-9-16)13-25-19-10-7-15-3-1-2-4-17(15)18(19)11-22-12-20(23)24/h1-10,22H,11-13H2,(H,23,24). The number of hydrogen-bond donors (Lipinski definition) is 2. The molecule has 25 heavy (non-hydrogen) atoms. The third-order valence-electron chi connectivity index (χ3n) is 3.88. The van der Waals surface area contributed by atoms with E-state index in [0.29, 0.717) is 18.9 Å². The highest BCUT2D eigenvalue weighted by Crippen LogP contribution is 2.28.